The summed E-state index contributed by atoms with van der Waals surface area (Å²) in [4.78, 5) is 6.46. The minimum Gasteiger partial charge on any atom is -0.467 e. The van der Waals surface area contributed by atoms with E-state index in [1.54, 1.807) is 12.3 Å². The van der Waals surface area contributed by atoms with E-state index in [2.05, 4.69) is 36.4 Å². The van der Waals surface area contributed by atoms with Gasteiger partial charge in [-0.2, -0.15) is 0 Å². The van der Waals surface area contributed by atoms with Gasteiger partial charge in [0.25, 0.3) is 0 Å². The first-order valence-electron chi connectivity index (χ1n) is 10.2. The van der Waals surface area contributed by atoms with Gasteiger partial charge in [0, 0.05) is 62.1 Å². The Labute approximate surface area is 185 Å². The first kappa shape index (κ1) is 23.3. The lowest BCUT2D eigenvalue weighted by molar-refractivity contribution is 0.0230. The fourth-order valence-electron chi connectivity index (χ4n) is 3.68. The van der Waals surface area contributed by atoms with Gasteiger partial charge in [-0.15, -0.1) is 0 Å². The molecule has 1 aliphatic heterocycles. The number of rotatable bonds is 9. The summed E-state index contributed by atoms with van der Waals surface area (Å²) in [6, 6.07) is 6.95. The van der Waals surface area contributed by atoms with Crippen molar-refractivity contribution in [3.05, 3.63) is 29.5 Å². The third-order valence-electron chi connectivity index (χ3n) is 5.53. The number of ether oxygens (including phenoxy) is 2. The van der Waals surface area contributed by atoms with E-state index in [0.29, 0.717) is 24.1 Å². The summed E-state index contributed by atoms with van der Waals surface area (Å²) in [6.45, 7) is 10.6. The van der Waals surface area contributed by atoms with Gasteiger partial charge in [-0.1, -0.05) is 31.2 Å². The van der Waals surface area contributed by atoms with E-state index in [9.17, 15) is 8.42 Å². The fourth-order valence-corrected chi connectivity index (χ4v) is 5.75. The van der Waals surface area contributed by atoms with Crippen LogP contribution in [-0.2, 0) is 14.6 Å². The van der Waals surface area contributed by atoms with Crippen molar-refractivity contribution in [1.29, 1.82) is 0 Å². The maximum atomic E-state index is 11.7. The Hall–Kier alpha value is -1.35. The molecular formula is C21H31ClN2O4SSi. The molecule has 1 aromatic heterocycles. The lowest BCUT2D eigenvalue weighted by atomic mass is 9.90. The zero-order valence-electron chi connectivity index (χ0n) is 18.3. The summed E-state index contributed by atoms with van der Waals surface area (Å²) >= 11 is 6.16. The highest BCUT2D eigenvalue weighted by Gasteiger charge is 2.38. The summed E-state index contributed by atoms with van der Waals surface area (Å²) in [6.07, 6.45) is 3.05. The Morgan fingerprint density at radius 1 is 1.27 bits per heavy atom. The van der Waals surface area contributed by atoms with Crippen LogP contribution in [0, 0.1) is 5.92 Å². The highest BCUT2D eigenvalue weighted by molar-refractivity contribution is 7.90. The smallest absolute Gasteiger partial charge is 0.189 e. The predicted octanol–water partition coefficient (Wildman–Crippen LogP) is 4.45. The molecule has 2 aromatic rings. The molecule has 0 N–H and O–H groups in total. The molecule has 2 heterocycles. The zero-order chi connectivity index (χ0) is 22.1. The van der Waals surface area contributed by atoms with E-state index in [1.807, 2.05) is 12.1 Å². The molecule has 1 aliphatic rings. The van der Waals surface area contributed by atoms with Crippen LogP contribution in [0.1, 0.15) is 6.92 Å². The van der Waals surface area contributed by atoms with Gasteiger partial charge < -0.3 is 14.4 Å². The molecule has 1 fully saturated rings. The molecule has 30 heavy (non-hydrogen) atoms. The number of nitrogens with zero attached hydrogens (tertiary/aromatic N) is 2. The average molecular weight is 471 g/mol. The maximum absolute atomic E-state index is 11.7. The number of hydrogen-bond donors (Lipinski definition) is 0. The molecular weight excluding hydrogens is 440 g/mol. The molecule has 0 bridgehead atoms. The van der Waals surface area contributed by atoms with Crippen LogP contribution >= 0.6 is 11.6 Å². The number of halogens is 1. The lowest BCUT2D eigenvalue weighted by Crippen LogP contribution is -2.57. The van der Waals surface area contributed by atoms with E-state index < -0.39 is 17.9 Å². The zero-order valence-corrected chi connectivity index (χ0v) is 20.9. The summed E-state index contributed by atoms with van der Waals surface area (Å²) in [5.74, 6) is 1.04. The van der Waals surface area contributed by atoms with E-state index in [4.69, 9.17) is 21.1 Å². The van der Waals surface area contributed by atoms with Crippen molar-refractivity contribution < 1.29 is 17.9 Å². The highest BCUT2D eigenvalue weighted by Crippen LogP contribution is 2.40. The lowest BCUT2D eigenvalue weighted by Gasteiger charge is -2.48. The molecule has 166 valence electrons. The number of sulfone groups is 1. The monoisotopic (exact) mass is 470 g/mol. The van der Waals surface area contributed by atoms with Gasteiger partial charge in [-0.25, -0.2) is 13.4 Å². The normalized spacial score (nSPS) is 19.7. The van der Waals surface area contributed by atoms with Crippen LogP contribution in [-0.4, -0.2) is 59.5 Å². The summed E-state index contributed by atoms with van der Waals surface area (Å²) in [5, 5.41) is 2.21. The van der Waals surface area contributed by atoms with Crippen LogP contribution < -0.4 is 9.64 Å². The van der Waals surface area contributed by atoms with E-state index >= 15 is 0 Å². The Balaban J connectivity index is 1.75. The summed E-state index contributed by atoms with van der Waals surface area (Å²) < 4.78 is 34.9. The minimum absolute atomic E-state index is 0.131. The molecule has 1 aromatic carbocycles. The van der Waals surface area contributed by atoms with Gasteiger partial charge in [0.05, 0.1) is 5.75 Å². The second-order valence-electron chi connectivity index (χ2n) is 9.36. The van der Waals surface area contributed by atoms with Crippen molar-refractivity contribution in [3.8, 4) is 5.75 Å². The number of pyridine rings is 1. The molecule has 9 heteroatoms. The van der Waals surface area contributed by atoms with Crippen LogP contribution in [0.25, 0.3) is 10.8 Å². The minimum atomic E-state index is -2.99. The van der Waals surface area contributed by atoms with Crippen LogP contribution in [0.15, 0.2) is 24.4 Å². The first-order chi connectivity index (χ1) is 13.9. The van der Waals surface area contributed by atoms with Crippen molar-refractivity contribution in [1.82, 2.24) is 4.98 Å². The third-order valence-corrected chi connectivity index (χ3v) is 8.47. The van der Waals surface area contributed by atoms with E-state index in [-0.39, 0.29) is 24.5 Å². The van der Waals surface area contributed by atoms with E-state index in [0.717, 1.165) is 22.5 Å². The highest BCUT2D eigenvalue weighted by atomic mass is 35.5. The van der Waals surface area contributed by atoms with E-state index in [1.165, 1.54) is 6.26 Å². The van der Waals surface area contributed by atoms with Crippen LogP contribution in [0.5, 0.6) is 5.75 Å². The Morgan fingerprint density at radius 3 is 2.63 bits per heavy atom. The molecule has 3 rings (SSSR count). The molecule has 0 saturated carbocycles. The maximum Gasteiger partial charge on any atom is 0.189 e. The van der Waals surface area contributed by atoms with Gasteiger partial charge in [0.15, 0.2) is 6.79 Å². The molecule has 0 aliphatic carbocycles. The number of anilines is 1. The first-order valence-corrected chi connectivity index (χ1v) is 16.3. The number of hydrogen-bond acceptors (Lipinski definition) is 6. The summed E-state index contributed by atoms with van der Waals surface area (Å²) in [7, 11) is -4.12. The van der Waals surface area contributed by atoms with Gasteiger partial charge in [-0.05, 0) is 31.2 Å². The molecule has 1 saturated heterocycles. The topological polar surface area (TPSA) is 68.7 Å². The molecule has 6 nitrogen and oxygen atoms in total. The number of fused-ring (bicyclic) bond motifs is 1. The number of benzene rings is 1. The second kappa shape index (κ2) is 9.02. The van der Waals surface area contributed by atoms with Crippen LogP contribution in [0.2, 0.25) is 30.8 Å². The standard InChI is InChI=1S/C21H31ClN2O4SSi/c1-15-16(13-29(2,25)26)12-24(15)19-6-7-20(17-10-21(22)23-11-18(17)19)28-14-27-8-9-30(3,4)5/h6-7,10-11,15-16H,8-9,12-14H2,1-5H3/t15-,16-/m1/s1. The van der Waals surface area contributed by atoms with Crippen molar-refractivity contribution >= 4 is 46.0 Å². The van der Waals surface area contributed by atoms with Crippen molar-refractivity contribution in [2.45, 2.75) is 38.7 Å². The second-order valence-corrected chi connectivity index (χ2v) is 17.6. The average Bonchev–Trinajstić information content (AvgIpc) is 2.63. The quantitative estimate of drug-likeness (QED) is 0.233. The van der Waals surface area contributed by atoms with Crippen molar-refractivity contribution in [3.63, 3.8) is 0 Å². The largest absolute Gasteiger partial charge is 0.467 e. The Kier molecular flexibility index (Phi) is 7.01. The van der Waals surface area contributed by atoms with Crippen molar-refractivity contribution in [2.75, 3.05) is 36.9 Å². The SMILES string of the molecule is C[C@@H]1[C@@H](CS(C)(=O)=O)CN1c1ccc(OCOCC[Si](C)(C)C)c2cc(Cl)ncc12. The van der Waals surface area contributed by atoms with Gasteiger partial charge in [0.2, 0.25) is 0 Å². The third kappa shape index (κ3) is 5.87. The molecule has 0 spiro atoms. The molecule has 0 radical (unpaired) electrons. The van der Waals surface area contributed by atoms with Gasteiger partial charge in [-0.3, -0.25) is 0 Å². The predicted molar refractivity (Wildman–Crippen MR) is 126 cm³/mol. The molecule has 2 atom stereocenters. The number of aromatic nitrogens is 1. The molecule has 0 amide bonds. The van der Waals surface area contributed by atoms with Crippen molar-refractivity contribution in [2.24, 2.45) is 5.92 Å². The van der Waals surface area contributed by atoms with Gasteiger partial charge in [0.1, 0.15) is 20.7 Å². The fraction of sp³-hybridized carbons (Fsp3) is 0.571. The molecule has 0 unspecified atom stereocenters. The van der Waals surface area contributed by atoms with Crippen LogP contribution in [0.3, 0.4) is 0 Å². The van der Waals surface area contributed by atoms with Crippen LogP contribution in [0.4, 0.5) is 5.69 Å². The Bertz CT molecular complexity index is 1010. The summed E-state index contributed by atoms with van der Waals surface area (Å²) in [5.41, 5.74) is 1.01. The van der Waals surface area contributed by atoms with Gasteiger partial charge >= 0.3 is 0 Å². The Morgan fingerprint density at radius 2 is 2.00 bits per heavy atom.